The lowest BCUT2D eigenvalue weighted by molar-refractivity contribution is 0.299. The first kappa shape index (κ1) is 13.4. The summed E-state index contributed by atoms with van der Waals surface area (Å²) in [5.74, 6) is 0. The summed E-state index contributed by atoms with van der Waals surface area (Å²) in [6.45, 7) is 8.98. The largest absolute Gasteiger partial charge is 0.324 e. The Morgan fingerprint density at radius 1 is 1.17 bits per heavy atom. The molecule has 0 radical (unpaired) electrons. The first-order chi connectivity index (χ1) is 8.34. The summed E-state index contributed by atoms with van der Waals surface area (Å²) in [6, 6.07) is 7.05. The molecule has 0 heterocycles. The summed E-state index contributed by atoms with van der Waals surface area (Å²) in [6.07, 6.45) is 5.61. The van der Waals surface area contributed by atoms with E-state index in [-0.39, 0.29) is 6.04 Å². The average Bonchev–Trinajstić information content (AvgIpc) is 2.10. The van der Waals surface area contributed by atoms with Gasteiger partial charge in [-0.15, -0.1) is 0 Å². The summed E-state index contributed by atoms with van der Waals surface area (Å²) in [4.78, 5) is 0. The van der Waals surface area contributed by atoms with Gasteiger partial charge in [0.2, 0.25) is 0 Å². The Kier molecular flexibility index (Phi) is 3.63. The van der Waals surface area contributed by atoms with Crippen LogP contribution in [0, 0.1) is 19.3 Å². The molecule has 0 aliphatic heterocycles. The molecule has 1 atom stereocenters. The number of hydrogen-bond donors (Lipinski definition) is 1. The van der Waals surface area contributed by atoms with E-state index in [1.165, 1.54) is 28.7 Å². The monoisotopic (exact) mass is 243 g/mol. The standard InChI is InChI=1S/C17H25N/c1-12-5-13(2)7-14(6-12)8-15-9-16(18)11-17(3,4)10-15/h5-7,9,16H,8,10-11,18H2,1-4H3. The highest BCUT2D eigenvalue weighted by Gasteiger charge is 2.26. The number of nitrogens with two attached hydrogens (primary N) is 1. The van der Waals surface area contributed by atoms with Crippen LogP contribution < -0.4 is 5.73 Å². The third-order valence-electron chi connectivity index (χ3n) is 3.66. The van der Waals surface area contributed by atoms with Crippen LogP contribution in [0.1, 0.15) is 43.4 Å². The molecule has 0 spiro atoms. The summed E-state index contributed by atoms with van der Waals surface area (Å²) in [7, 11) is 0. The van der Waals surface area contributed by atoms with Gasteiger partial charge in [0.25, 0.3) is 0 Å². The molecular weight excluding hydrogens is 218 g/mol. The van der Waals surface area contributed by atoms with E-state index >= 15 is 0 Å². The van der Waals surface area contributed by atoms with Gasteiger partial charge < -0.3 is 5.73 Å². The summed E-state index contributed by atoms with van der Waals surface area (Å²) in [5.41, 5.74) is 12.1. The van der Waals surface area contributed by atoms with Crippen LogP contribution in [0.2, 0.25) is 0 Å². The number of aryl methyl sites for hydroxylation is 2. The van der Waals surface area contributed by atoms with Crippen LogP contribution in [-0.4, -0.2) is 6.04 Å². The molecular formula is C17H25N. The van der Waals surface area contributed by atoms with Gasteiger partial charge >= 0.3 is 0 Å². The van der Waals surface area contributed by atoms with Crippen molar-refractivity contribution >= 4 is 0 Å². The zero-order valence-electron chi connectivity index (χ0n) is 12.1. The van der Waals surface area contributed by atoms with Crippen molar-refractivity contribution in [3.05, 3.63) is 46.5 Å². The van der Waals surface area contributed by atoms with Crippen molar-refractivity contribution in [1.82, 2.24) is 0 Å². The molecule has 0 aromatic heterocycles. The van der Waals surface area contributed by atoms with E-state index < -0.39 is 0 Å². The maximum Gasteiger partial charge on any atom is 0.0231 e. The SMILES string of the molecule is Cc1cc(C)cc(CC2=CC(N)CC(C)(C)C2)c1. The van der Waals surface area contributed by atoms with Gasteiger partial charge in [-0.3, -0.25) is 0 Å². The normalized spacial score (nSPS) is 22.7. The number of benzene rings is 1. The van der Waals surface area contributed by atoms with Crippen LogP contribution in [0.3, 0.4) is 0 Å². The minimum atomic E-state index is 0.231. The molecule has 1 nitrogen and oxygen atoms in total. The fraction of sp³-hybridized carbons (Fsp3) is 0.529. The molecule has 18 heavy (non-hydrogen) atoms. The zero-order valence-corrected chi connectivity index (χ0v) is 12.1. The number of rotatable bonds is 2. The van der Waals surface area contributed by atoms with E-state index in [9.17, 15) is 0 Å². The molecule has 2 rings (SSSR count). The van der Waals surface area contributed by atoms with Crippen LogP contribution >= 0.6 is 0 Å². The number of allylic oxidation sites excluding steroid dienone is 1. The van der Waals surface area contributed by atoms with Gasteiger partial charge in [-0.05, 0) is 44.1 Å². The third-order valence-corrected chi connectivity index (χ3v) is 3.66. The Morgan fingerprint density at radius 3 is 2.33 bits per heavy atom. The predicted octanol–water partition coefficient (Wildman–Crippen LogP) is 3.92. The third kappa shape index (κ3) is 3.46. The first-order valence-corrected chi connectivity index (χ1v) is 6.86. The highest BCUT2D eigenvalue weighted by molar-refractivity contribution is 5.32. The Morgan fingerprint density at radius 2 is 1.78 bits per heavy atom. The zero-order chi connectivity index (χ0) is 13.3. The second kappa shape index (κ2) is 4.89. The lowest BCUT2D eigenvalue weighted by Crippen LogP contribution is -2.31. The van der Waals surface area contributed by atoms with Gasteiger partial charge in [0.05, 0.1) is 0 Å². The van der Waals surface area contributed by atoms with E-state index in [1.807, 2.05) is 0 Å². The van der Waals surface area contributed by atoms with Crippen LogP contribution in [-0.2, 0) is 6.42 Å². The quantitative estimate of drug-likeness (QED) is 0.783. The molecule has 1 heteroatoms. The van der Waals surface area contributed by atoms with Crippen molar-refractivity contribution in [3.63, 3.8) is 0 Å². The Balaban J connectivity index is 2.18. The molecule has 98 valence electrons. The van der Waals surface area contributed by atoms with E-state index in [0.717, 1.165) is 12.8 Å². The second-order valence-corrected chi connectivity index (χ2v) is 6.71. The van der Waals surface area contributed by atoms with Crippen LogP contribution in [0.5, 0.6) is 0 Å². The average molecular weight is 243 g/mol. The van der Waals surface area contributed by atoms with Crippen molar-refractivity contribution in [3.8, 4) is 0 Å². The minimum absolute atomic E-state index is 0.231. The molecule has 0 saturated heterocycles. The molecule has 1 aromatic rings. The molecule has 0 saturated carbocycles. The molecule has 0 fully saturated rings. The van der Waals surface area contributed by atoms with Gasteiger partial charge in [-0.2, -0.15) is 0 Å². The second-order valence-electron chi connectivity index (χ2n) is 6.71. The Labute approximate surface area is 111 Å². The molecule has 1 unspecified atom stereocenters. The van der Waals surface area contributed by atoms with Gasteiger partial charge in [0, 0.05) is 6.04 Å². The van der Waals surface area contributed by atoms with E-state index in [4.69, 9.17) is 5.73 Å². The van der Waals surface area contributed by atoms with Gasteiger partial charge in [0.15, 0.2) is 0 Å². The smallest absolute Gasteiger partial charge is 0.0231 e. The highest BCUT2D eigenvalue weighted by atomic mass is 14.6. The Hall–Kier alpha value is -1.08. The lowest BCUT2D eigenvalue weighted by atomic mass is 9.74. The summed E-state index contributed by atoms with van der Waals surface area (Å²) in [5, 5.41) is 0. The van der Waals surface area contributed by atoms with Crippen LogP contribution in [0.4, 0.5) is 0 Å². The van der Waals surface area contributed by atoms with Crippen molar-refractivity contribution in [2.24, 2.45) is 11.1 Å². The van der Waals surface area contributed by atoms with E-state index in [1.54, 1.807) is 0 Å². The van der Waals surface area contributed by atoms with Gasteiger partial charge in [-0.25, -0.2) is 0 Å². The van der Waals surface area contributed by atoms with E-state index in [2.05, 4.69) is 52.0 Å². The molecule has 1 aliphatic rings. The number of hydrogen-bond acceptors (Lipinski definition) is 1. The van der Waals surface area contributed by atoms with Crippen molar-refractivity contribution in [2.45, 2.75) is 53.0 Å². The predicted molar refractivity (Wildman–Crippen MR) is 78.7 cm³/mol. The fourth-order valence-corrected chi connectivity index (χ4v) is 3.30. The van der Waals surface area contributed by atoms with Gasteiger partial charge in [0.1, 0.15) is 0 Å². The first-order valence-electron chi connectivity index (χ1n) is 6.86. The maximum absolute atomic E-state index is 6.14. The van der Waals surface area contributed by atoms with Crippen LogP contribution in [0.25, 0.3) is 0 Å². The highest BCUT2D eigenvalue weighted by Crippen LogP contribution is 2.36. The maximum atomic E-state index is 6.14. The summed E-state index contributed by atoms with van der Waals surface area (Å²) < 4.78 is 0. The van der Waals surface area contributed by atoms with Crippen LogP contribution in [0.15, 0.2) is 29.8 Å². The van der Waals surface area contributed by atoms with Crippen molar-refractivity contribution in [1.29, 1.82) is 0 Å². The molecule has 1 aromatic carbocycles. The van der Waals surface area contributed by atoms with Crippen molar-refractivity contribution < 1.29 is 0 Å². The minimum Gasteiger partial charge on any atom is -0.324 e. The summed E-state index contributed by atoms with van der Waals surface area (Å²) >= 11 is 0. The fourth-order valence-electron chi connectivity index (χ4n) is 3.30. The molecule has 0 bridgehead atoms. The molecule has 2 N–H and O–H groups in total. The topological polar surface area (TPSA) is 26.0 Å². The molecule has 0 amide bonds. The molecule has 1 aliphatic carbocycles. The van der Waals surface area contributed by atoms with E-state index in [0.29, 0.717) is 5.41 Å². The lowest BCUT2D eigenvalue weighted by Gasteiger charge is -2.33. The van der Waals surface area contributed by atoms with Gasteiger partial charge in [-0.1, -0.05) is 54.8 Å². The van der Waals surface area contributed by atoms with Crippen molar-refractivity contribution in [2.75, 3.05) is 0 Å². The Bertz CT molecular complexity index is 448.